The normalized spacial score (nSPS) is 13.6. The number of imidazole rings is 1. The number of H-pyrrole nitrogens is 2. The fourth-order valence-electron chi connectivity index (χ4n) is 1.70. The minimum atomic E-state index is -3.82. The van der Waals surface area contributed by atoms with Crippen LogP contribution in [0.25, 0.3) is 0 Å². The summed E-state index contributed by atoms with van der Waals surface area (Å²) in [5, 5.41) is 15.3. The summed E-state index contributed by atoms with van der Waals surface area (Å²) in [6.45, 7) is 2.91. The maximum atomic E-state index is 12.2. The first-order valence-electron chi connectivity index (χ1n) is 5.62. The van der Waals surface area contributed by atoms with Crippen molar-refractivity contribution in [3.05, 3.63) is 29.5 Å². The molecule has 2 aromatic heterocycles. The second-order valence-corrected chi connectivity index (χ2v) is 5.74. The van der Waals surface area contributed by atoms with Crippen LogP contribution in [0.1, 0.15) is 30.0 Å². The maximum Gasteiger partial charge on any atom is 0.260 e. The first-order valence-corrected chi connectivity index (χ1v) is 7.10. The Morgan fingerprint density at radius 2 is 2.26 bits per heavy atom. The third kappa shape index (κ3) is 2.67. The molecule has 0 bridgehead atoms. The number of aliphatic hydroxyl groups is 1. The average Bonchev–Trinajstić information content (AvgIpc) is 2.96. The number of aryl methyl sites for hydroxylation is 1. The molecule has 0 amide bonds. The van der Waals surface area contributed by atoms with Crippen molar-refractivity contribution in [1.29, 1.82) is 0 Å². The lowest BCUT2D eigenvalue weighted by Crippen LogP contribution is -2.28. The van der Waals surface area contributed by atoms with Crippen LogP contribution in [0, 0.1) is 6.92 Å². The van der Waals surface area contributed by atoms with Crippen LogP contribution in [0.15, 0.2) is 17.4 Å². The Morgan fingerprint density at radius 1 is 1.53 bits per heavy atom. The molecule has 19 heavy (non-hydrogen) atoms. The van der Waals surface area contributed by atoms with Gasteiger partial charge >= 0.3 is 0 Å². The van der Waals surface area contributed by atoms with Gasteiger partial charge in [0.2, 0.25) is 0 Å². The summed E-state index contributed by atoms with van der Waals surface area (Å²) in [6, 6.07) is -0.524. The number of aliphatic hydroxyl groups excluding tert-OH is 1. The molecule has 1 atom stereocenters. The molecule has 104 valence electrons. The lowest BCUT2D eigenvalue weighted by molar-refractivity contribution is 0.277. The van der Waals surface area contributed by atoms with Gasteiger partial charge in [-0.3, -0.25) is 5.10 Å². The smallest absolute Gasteiger partial charge is 0.260 e. The van der Waals surface area contributed by atoms with Crippen LogP contribution in [0.5, 0.6) is 0 Å². The zero-order valence-corrected chi connectivity index (χ0v) is 11.3. The zero-order valence-electron chi connectivity index (χ0n) is 10.5. The fourth-order valence-corrected chi connectivity index (χ4v) is 3.09. The molecule has 2 heterocycles. The molecule has 2 rings (SSSR count). The zero-order chi connectivity index (χ0) is 14.0. The third-order valence-electron chi connectivity index (χ3n) is 2.71. The number of sulfonamides is 1. The van der Waals surface area contributed by atoms with Crippen molar-refractivity contribution in [2.45, 2.75) is 31.5 Å². The van der Waals surface area contributed by atoms with Gasteiger partial charge in [-0.2, -0.15) is 9.82 Å². The predicted molar refractivity (Wildman–Crippen MR) is 66.6 cm³/mol. The Kier molecular flexibility index (Phi) is 3.69. The number of rotatable bonds is 5. The van der Waals surface area contributed by atoms with Crippen LogP contribution in [0.4, 0.5) is 0 Å². The Balaban J connectivity index is 2.28. The van der Waals surface area contributed by atoms with Crippen molar-refractivity contribution >= 4 is 10.0 Å². The monoisotopic (exact) mass is 285 g/mol. The predicted octanol–water partition coefficient (Wildman–Crippen LogP) is -0.0270. The van der Waals surface area contributed by atoms with Crippen molar-refractivity contribution < 1.29 is 13.5 Å². The molecule has 0 aliphatic rings. The molecule has 1 unspecified atom stereocenters. The molecule has 8 nitrogen and oxygen atoms in total. The van der Waals surface area contributed by atoms with E-state index in [-0.39, 0.29) is 10.6 Å². The number of nitrogens with zero attached hydrogens (tertiary/aromatic N) is 2. The Labute approximate surface area is 110 Å². The van der Waals surface area contributed by atoms with Gasteiger partial charge < -0.3 is 10.1 Å². The van der Waals surface area contributed by atoms with Crippen molar-refractivity contribution in [2.24, 2.45) is 0 Å². The topological polar surface area (TPSA) is 124 Å². The highest BCUT2D eigenvalue weighted by atomic mass is 32.2. The number of aromatic nitrogens is 4. The van der Waals surface area contributed by atoms with Gasteiger partial charge in [0.1, 0.15) is 5.82 Å². The summed E-state index contributed by atoms with van der Waals surface area (Å²) in [6.07, 6.45) is 3.15. The minimum Gasteiger partial charge on any atom is -0.392 e. The highest BCUT2D eigenvalue weighted by Crippen LogP contribution is 2.18. The summed E-state index contributed by atoms with van der Waals surface area (Å²) >= 11 is 0. The van der Waals surface area contributed by atoms with E-state index in [9.17, 15) is 13.5 Å². The summed E-state index contributed by atoms with van der Waals surface area (Å²) in [7, 11) is -3.82. The van der Waals surface area contributed by atoms with Gasteiger partial charge in [-0.15, -0.1) is 0 Å². The first-order chi connectivity index (χ1) is 8.95. The molecule has 0 aliphatic heterocycles. The lowest BCUT2D eigenvalue weighted by atomic mass is 10.3. The van der Waals surface area contributed by atoms with Gasteiger partial charge in [0, 0.05) is 23.7 Å². The van der Waals surface area contributed by atoms with Crippen LogP contribution in [-0.4, -0.2) is 33.7 Å². The van der Waals surface area contributed by atoms with E-state index in [2.05, 4.69) is 24.9 Å². The number of hydrogen-bond donors (Lipinski definition) is 4. The lowest BCUT2D eigenvalue weighted by Gasteiger charge is -2.11. The van der Waals surface area contributed by atoms with Gasteiger partial charge in [0.05, 0.1) is 12.6 Å². The van der Waals surface area contributed by atoms with E-state index in [1.54, 1.807) is 20.0 Å². The van der Waals surface area contributed by atoms with E-state index in [1.807, 2.05) is 0 Å². The molecule has 0 saturated carbocycles. The van der Waals surface area contributed by atoms with Crippen molar-refractivity contribution in [3.8, 4) is 0 Å². The maximum absolute atomic E-state index is 12.2. The standard InChI is InChI=1S/C10H15N5O3S/c1-6-8(5-16)10(14-13-6)19(17,18)15-7(2)9-11-3-4-12-9/h3-4,7,15-16H,5H2,1-2H3,(H,11,12)(H,13,14). The van der Waals surface area contributed by atoms with Crippen molar-refractivity contribution in [1.82, 2.24) is 24.9 Å². The molecule has 0 saturated heterocycles. The summed E-state index contributed by atoms with van der Waals surface area (Å²) in [5.74, 6) is 0.501. The largest absolute Gasteiger partial charge is 0.392 e. The highest BCUT2D eigenvalue weighted by Gasteiger charge is 2.26. The first kappa shape index (κ1) is 13.7. The van der Waals surface area contributed by atoms with Crippen molar-refractivity contribution in [3.63, 3.8) is 0 Å². The summed E-state index contributed by atoms with van der Waals surface area (Å²) < 4.78 is 26.8. The summed E-state index contributed by atoms with van der Waals surface area (Å²) in [4.78, 5) is 6.81. The van der Waals surface area contributed by atoms with Gasteiger partial charge in [0.25, 0.3) is 10.0 Å². The van der Waals surface area contributed by atoms with Gasteiger partial charge in [0.15, 0.2) is 5.03 Å². The Hall–Kier alpha value is -1.71. The number of nitrogens with one attached hydrogen (secondary N) is 3. The Morgan fingerprint density at radius 3 is 2.84 bits per heavy atom. The van der Waals surface area contributed by atoms with E-state index < -0.39 is 22.7 Å². The molecule has 0 spiro atoms. The second kappa shape index (κ2) is 5.11. The molecule has 0 radical (unpaired) electrons. The molecule has 0 fully saturated rings. The van der Waals surface area contributed by atoms with Gasteiger partial charge in [-0.25, -0.2) is 13.4 Å². The minimum absolute atomic E-state index is 0.189. The van der Waals surface area contributed by atoms with E-state index in [4.69, 9.17) is 0 Å². The summed E-state index contributed by atoms with van der Waals surface area (Å²) in [5.41, 5.74) is 0.785. The van der Waals surface area contributed by atoms with Crippen LogP contribution >= 0.6 is 0 Å². The third-order valence-corrected chi connectivity index (χ3v) is 4.22. The van der Waals surface area contributed by atoms with E-state index >= 15 is 0 Å². The molecular weight excluding hydrogens is 270 g/mol. The Bertz CT molecular complexity index is 647. The second-order valence-electron chi connectivity index (χ2n) is 4.11. The van der Waals surface area contributed by atoms with Gasteiger partial charge in [-0.1, -0.05) is 0 Å². The average molecular weight is 285 g/mol. The molecule has 2 aromatic rings. The van der Waals surface area contributed by atoms with Crippen LogP contribution in [0.2, 0.25) is 0 Å². The quantitative estimate of drug-likeness (QED) is 0.614. The van der Waals surface area contributed by atoms with Crippen molar-refractivity contribution in [2.75, 3.05) is 0 Å². The van der Waals surface area contributed by atoms with Crippen LogP contribution < -0.4 is 4.72 Å². The molecule has 0 aromatic carbocycles. The van der Waals surface area contributed by atoms with Gasteiger partial charge in [-0.05, 0) is 13.8 Å². The number of aromatic amines is 2. The van der Waals surface area contributed by atoms with E-state index in [0.717, 1.165) is 0 Å². The fraction of sp³-hybridized carbons (Fsp3) is 0.400. The molecule has 9 heteroatoms. The SMILES string of the molecule is Cc1[nH]nc(S(=O)(=O)NC(C)c2ncc[nH]2)c1CO. The number of hydrogen-bond acceptors (Lipinski definition) is 5. The van der Waals surface area contributed by atoms with Crippen LogP contribution in [-0.2, 0) is 16.6 Å². The van der Waals surface area contributed by atoms with E-state index in [1.165, 1.54) is 6.20 Å². The molecule has 4 N–H and O–H groups in total. The van der Waals surface area contributed by atoms with E-state index in [0.29, 0.717) is 11.5 Å². The van der Waals surface area contributed by atoms with Crippen LogP contribution in [0.3, 0.4) is 0 Å². The molecular formula is C10H15N5O3S. The highest BCUT2D eigenvalue weighted by molar-refractivity contribution is 7.89. The molecule has 0 aliphatic carbocycles.